The fraction of sp³-hybridized carbons (Fsp3) is 0.462. The molecule has 1 aromatic heterocycles. The number of hydrogen-bond acceptors (Lipinski definition) is 7. The van der Waals surface area contributed by atoms with Crippen LogP contribution in [0.25, 0.3) is 0 Å². The molecule has 0 bridgehead atoms. The van der Waals surface area contributed by atoms with Crippen molar-refractivity contribution in [1.29, 1.82) is 0 Å². The molecule has 8 nitrogen and oxygen atoms in total. The summed E-state index contributed by atoms with van der Waals surface area (Å²) >= 11 is 1.41. The number of methoxy groups -OCH3 is 1. The van der Waals surface area contributed by atoms with Crippen molar-refractivity contribution in [2.45, 2.75) is 37.2 Å². The number of nitro benzene ring substituents is 1. The third-order valence-corrected chi connectivity index (χ3v) is 3.88. The van der Waals surface area contributed by atoms with Crippen LogP contribution in [-0.4, -0.2) is 32.2 Å². The summed E-state index contributed by atoms with van der Waals surface area (Å²) < 4.78 is 6.98. The molecule has 2 rings (SSSR count). The highest BCUT2D eigenvalue weighted by Crippen LogP contribution is 2.31. The number of tetrazole rings is 1. The molecule has 1 heterocycles. The molecule has 0 spiro atoms. The number of non-ortho nitro benzene ring substituents is 1. The third-order valence-electron chi connectivity index (χ3n) is 2.91. The molecule has 0 fully saturated rings. The topological polar surface area (TPSA) is 96.0 Å². The predicted octanol–water partition coefficient (Wildman–Crippen LogP) is 2.64. The molecule has 0 aliphatic carbocycles. The predicted molar refractivity (Wildman–Crippen MR) is 82.0 cm³/mol. The molecule has 0 N–H and O–H groups in total. The van der Waals surface area contributed by atoms with Crippen molar-refractivity contribution in [3.63, 3.8) is 0 Å². The molecular formula is C13H17N5O3S. The van der Waals surface area contributed by atoms with Crippen molar-refractivity contribution in [2.75, 3.05) is 7.11 Å². The van der Waals surface area contributed by atoms with Gasteiger partial charge in [-0.05, 0) is 37.3 Å². The summed E-state index contributed by atoms with van der Waals surface area (Å²) in [4.78, 5) is 10.5. The number of hydrogen-bond donors (Lipinski definition) is 0. The van der Waals surface area contributed by atoms with Crippen molar-refractivity contribution in [1.82, 2.24) is 20.2 Å². The summed E-state index contributed by atoms with van der Waals surface area (Å²) in [6.07, 6.45) is 0. The van der Waals surface area contributed by atoms with E-state index in [0.29, 0.717) is 16.7 Å². The van der Waals surface area contributed by atoms with E-state index in [4.69, 9.17) is 4.74 Å². The zero-order valence-electron chi connectivity index (χ0n) is 12.8. The molecule has 0 atom stereocenters. The number of aromatic nitrogens is 4. The molecule has 22 heavy (non-hydrogen) atoms. The quantitative estimate of drug-likeness (QED) is 0.474. The Labute approximate surface area is 132 Å². The molecule has 0 saturated heterocycles. The van der Waals surface area contributed by atoms with Gasteiger partial charge in [-0.3, -0.25) is 10.1 Å². The Kier molecular flexibility index (Phi) is 4.65. The Morgan fingerprint density at radius 3 is 2.73 bits per heavy atom. The van der Waals surface area contributed by atoms with E-state index < -0.39 is 4.92 Å². The van der Waals surface area contributed by atoms with Gasteiger partial charge in [-0.15, -0.1) is 5.10 Å². The summed E-state index contributed by atoms with van der Waals surface area (Å²) in [6.45, 7) is 6.00. The van der Waals surface area contributed by atoms with Gasteiger partial charge in [-0.1, -0.05) is 11.8 Å². The van der Waals surface area contributed by atoms with Gasteiger partial charge in [-0.2, -0.15) is 0 Å². The lowest BCUT2D eigenvalue weighted by Crippen LogP contribution is -2.24. The number of benzene rings is 1. The highest BCUT2D eigenvalue weighted by atomic mass is 32.2. The Morgan fingerprint density at radius 1 is 1.41 bits per heavy atom. The first-order chi connectivity index (χ1) is 10.3. The number of rotatable bonds is 5. The minimum atomic E-state index is -0.424. The summed E-state index contributed by atoms with van der Waals surface area (Å²) in [5, 5.41) is 23.2. The first kappa shape index (κ1) is 16.2. The molecule has 118 valence electrons. The van der Waals surface area contributed by atoms with Gasteiger partial charge in [0.05, 0.1) is 17.6 Å². The van der Waals surface area contributed by atoms with Gasteiger partial charge in [0.15, 0.2) is 0 Å². The van der Waals surface area contributed by atoms with E-state index in [-0.39, 0.29) is 11.2 Å². The standard InChI is InChI=1S/C13H17N5O3S/c1-13(2,3)17-12(14-15-16-17)22-8-9-7-10(18(19)20)5-6-11(9)21-4/h5-7H,8H2,1-4H3. The van der Waals surface area contributed by atoms with Gasteiger partial charge in [0.25, 0.3) is 5.69 Å². The Bertz CT molecular complexity index is 681. The van der Waals surface area contributed by atoms with Crippen LogP contribution in [0.3, 0.4) is 0 Å². The van der Waals surface area contributed by atoms with Crippen molar-refractivity contribution in [3.8, 4) is 5.75 Å². The monoisotopic (exact) mass is 323 g/mol. The Balaban J connectivity index is 2.23. The Hall–Kier alpha value is -2.16. The van der Waals surface area contributed by atoms with Gasteiger partial charge in [-0.25, -0.2) is 4.68 Å². The second-order valence-electron chi connectivity index (χ2n) is 5.59. The maximum Gasteiger partial charge on any atom is 0.270 e. The minimum Gasteiger partial charge on any atom is -0.496 e. The van der Waals surface area contributed by atoms with Crippen LogP contribution >= 0.6 is 11.8 Å². The largest absolute Gasteiger partial charge is 0.496 e. The molecule has 0 radical (unpaired) electrons. The van der Waals surface area contributed by atoms with Crippen LogP contribution in [0.15, 0.2) is 23.4 Å². The normalized spacial score (nSPS) is 11.5. The van der Waals surface area contributed by atoms with Crippen molar-refractivity contribution in [3.05, 3.63) is 33.9 Å². The van der Waals surface area contributed by atoms with Crippen LogP contribution in [0.2, 0.25) is 0 Å². The summed E-state index contributed by atoms with van der Waals surface area (Å²) in [5.74, 6) is 1.08. The van der Waals surface area contributed by atoms with E-state index >= 15 is 0 Å². The van der Waals surface area contributed by atoms with E-state index in [2.05, 4.69) is 15.5 Å². The van der Waals surface area contributed by atoms with Gasteiger partial charge < -0.3 is 4.74 Å². The van der Waals surface area contributed by atoms with Gasteiger partial charge in [0.2, 0.25) is 5.16 Å². The van der Waals surface area contributed by atoms with Crippen LogP contribution in [0.5, 0.6) is 5.75 Å². The zero-order valence-corrected chi connectivity index (χ0v) is 13.6. The van der Waals surface area contributed by atoms with Crippen molar-refractivity contribution >= 4 is 17.4 Å². The summed E-state index contributed by atoms with van der Waals surface area (Å²) in [5.41, 5.74) is 0.524. The van der Waals surface area contributed by atoms with Crippen LogP contribution < -0.4 is 4.74 Å². The van der Waals surface area contributed by atoms with Gasteiger partial charge in [0.1, 0.15) is 5.75 Å². The van der Waals surface area contributed by atoms with Crippen molar-refractivity contribution in [2.24, 2.45) is 0 Å². The van der Waals surface area contributed by atoms with Crippen LogP contribution in [0, 0.1) is 10.1 Å². The highest BCUT2D eigenvalue weighted by Gasteiger charge is 2.20. The molecule has 0 aliphatic rings. The van der Waals surface area contributed by atoms with E-state index in [1.165, 1.54) is 31.0 Å². The smallest absolute Gasteiger partial charge is 0.270 e. The lowest BCUT2D eigenvalue weighted by Gasteiger charge is -2.19. The number of ether oxygens (including phenoxy) is 1. The average Bonchev–Trinajstić information content (AvgIpc) is 2.93. The maximum atomic E-state index is 10.9. The molecule has 0 amide bonds. The maximum absolute atomic E-state index is 10.9. The minimum absolute atomic E-state index is 0.0341. The second kappa shape index (κ2) is 6.30. The first-order valence-corrected chi connectivity index (χ1v) is 7.54. The van der Waals surface area contributed by atoms with Crippen LogP contribution in [0.4, 0.5) is 5.69 Å². The summed E-state index contributed by atoms with van der Waals surface area (Å²) in [6, 6.07) is 4.53. The molecule has 1 aromatic carbocycles. The number of nitrogens with zero attached hydrogens (tertiary/aromatic N) is 5. The molecule has 0 saturated carbocycles. The van der Waals surface area contributed by atoms with Gasteiger partial charge >= 0.3 is 0 Å². The second-order valence-corrected chi connectivity index (χ2v) is 6.53. The molecule has 0 unspecified atom stereocenters. The highest BCUT2D eigenvalue weighted by molar-refractivity contribution is 7.98. The van der Waals surface area contributed by atoms with Crippen LogP contribution in [-0.2, 0) is 11.3 Å². The molecule has 2 aromatic rings. The van der Waals surface area contributed by atoms with Crippen molar-refractivity contribution < 1.29 is 9.66 Å². The van der Waals surface area contributed by atoms with Gasteiger partial charge in [0, 0.05) is 23.4 Å². The lowest BCUT2D eigenvalue weighted by atomic mass is 10.1. The zero-order chi connectivity index (χ0) is 16.3. The van der Waals surface area contributed by atoms with E-state index in [1.807, 2.05) is 20.8 Å². The fourth-order valence-electron chi connectivity index (χ4n) is 1.82. The third kappa shape index (κ3) is 3.53. The Morgan fingerprint density at radius 2 is 2.14 bits per heavy atom. The number of thioether (sulfide) groups is 1. The van der Waals surface area contributed by atoms with E-state index in [0.717, 1.165) is 5.56 Å². The van der Waals surface area contributed by atoms with E-state index in [1.54, 1.807) is 10.7 Å². The molecular weight excluding hydrogens is 306 g/mol. The molecule has 9 heteroatoms. The van der Waals surface area contributed by atoms with Crippen LogP contribution in [0.1, 0.15) is 26.3 Å². The average molecular weight is 323 g/mol. The first-order valence-electron chi connectivity index (χ1n) is 6.56. The molecule has 0 aliphatic heterocycles. The summed E-state index contributed by atoms with van der Waals surface area (Å²) in [7, 11) is 1.54. The fourth-order valence-corrected chi connectivity index (χ4v) is 2.86. The van der Waals surface area contributed by atoms with E-state index in [9.17, 15) is 10.1 Å². The lowest BCUT2D eigenvalue weighted by molar-refractivity contribution is -0.384. The number of nitro groups is 1. The SMILES string of the molecule is COc1ccc([N+](=O)[O-])cc1CSc1nnnn1C(C)(C)C.